The van der Waals surface area contributed by atoms with Crippen LogP contribution in [0.2, 0.25) is 0 Å². The Morgan fingerprint density at radius 2 is 1.62 bits per heavy atom. The topological polar surface area (TPSA) is 30.5 Å². The Bertz CT molecular complexity index is 780. The summed E-state index contributed by atoms with van der Waals surface area (Å²) in [6.07, 6.45) is -0.169. The highest BCUT2D eigenvalue weighted by Crippen LogP contribution is 2.47. The highest BCUT2D eigenvalue weighted by molar-refractivity contribution is 5.68. The summed E-state index contributed by atoms with van der Waals surface area (Å²) < 4.78 is 11.9. The minimum atomic E-state index is -0.169. The van der Waals surface area contributed by atoms with Gasteiger partial charge in [-0.2, -0.15) is 0 Å². The number of hydrogen-bond acceptors (Lipinski definition) is 3. The average molecular weight is 354 g/mol. The zero-order valence-electron chi connectivity index (χ0n) is 17.1. The molecule has 3 nitrogen and oxygen atoms in total. The summed E-state index contributed by atoms with van der Waals surface area (Å²) in [7, 11) is 0. The van der Waals surface area contributed by atoms with Gasteiger partial charge in [-0.3, -0.25) is 0 Å². The second kappa shape index (κ2) is 6.53. The van der Waals surface area contributed by atoms with Crippen LogP contribution in [0.25, 0.3) is 0 Å². The molecule has 1 heterocycles. The number of anilines is 1. The molecule has 1 N–H and O–H groups in total. The van der Waals surface area contributed by atoms with Crippen LogP contribution in [0.15, 0.2) is 36.4 Å². The molecule has 3 heteroatoms. The van der Waals surface area contributed by atoms with Crippen LogP contribution in [0, 0.1) is 0 Å². The van der Waals surface area contributed by atoms with Gasteiger partial charge in [-0.15, -0.1) is 0 Å². The van der Waals surface area contributed by atoms with Crippen molar-refractivity contribution in [3.63, 3.8) is 0 Å². The fourth-order valence-corrected chi connectivity index (χ4v) is 3.20. The molecule has 0 saturated heterocycles. The Balaban J connectivity index is 1.96. The SMILES string of the molecule is CCOc1ccc(C2Nc3cc(C(C)(C)C)cc(C(C)(C)C)c3O2)cc1. The van der Waals surface area contributed by atoms with Crippen molar-refractivity contribution in [3.05, 3.63) is 53.1 Å². The average Bonchev–Trinajstić information content (AvgIpc) is 2.97. The first-order chi connectivity index (χ1) is 12.1. The van der Waals surface area contributed by atoms with Crippen LogP contribution in [0.1, 0.15) is 71.4 Å². The zero-order chi connectivity index (χ0) is 19.1. The van der Waals surface area contributed by atoms with E-state index in [2.05, 4.69) is 71.1 Å². The van der Waals surface area contributed by atoms with Crippen molar-refractivity contribution in [2.75, 3.05) is 11.9 Å². The quantitative estimate of drug-likeness (QED) is 0.714. The maximum Gasteiger partial charge on any atom is 0.196 e. The predicted octanol–water partition coefficient (Wildman–Crippen LogP) is 6.18. The second-order valence-electron chi connectivity index (χ2n) is 9.04. The monoisotopic (exact) mass is 353 g/mol. The van der Waals surface area contributed by atoms with Crippen molar-refractivity contribution < 1.29 is 9.47 Å². The molecule has 0 radical (unpaired) electrons. The molecule has 1 unspecified atom stereocenters. The predicted molar refractivity (Wildman–Crippen MR) is 108 cm³/mol. The van der Waals surface area contributed by atoms with Crippen LogP contribution in [0.5, 0.6) is 11.5 Å². The van der Waals surface area contributed by atoms with Crippen LogP contribution >= 0.6 is 0 Å². The third-order valence-corrected chi connectivity index (χ3v) is 4.78. The molecule has 0 spiro atoms. The van der Waals surface area contributed by atoms with E-state index in [1.54, 1.807) is 0 Å². The van der Waals surface area contributed by atoms with Gasteiger partial charge < -0.3 is 14.8 Å². The third kappa shape index (κ3) is 3.67. The van der Waals surface area contributed by atoms with E-state index < -0.39 is 0 Å². The number of ether oxygens (including phenoxy) is 2. The summed E-state index contributed by atoms with van der Waals surface area (Å²) in [4.78, 5) is 0. The minimum Gasteiger partial charge on any atom is -0.494 e. The van der Waals surface area contributed by atoms with E-state index in [-0.39, 0.29) is 17.1 Å². The zero-order valence-corrected chi connectivity index (χ0v) is 17.1. The molecule has 2 aromatic rings. The van der Waals surface area contributed by atoms with Crippen LogP contribution < -0.4 is 14.8 Å². The van der Waals surface area contributed by atoms with Crippen LogP contribution in [-0.2, 0) is 10.8 Å². The van der Waals surface area contributed by atoms with Gasteiger partial charge in [0, 0.05) is 11.1 Å². The molecule has 0 saturated carbocycles. The van der Waals surface area contributed by atoms with Gasteiger partial charge in [-0.25, -0.2) is 0 Å². The van der Waals surface area contributed by atoms with Gasteiger partial charge in [0.05, 0.1) is 12.3 Å². The minimum absolute atomic E-state index is 0.0146. The van der Waals surface area contributed by atoms with Gasteiger partial charge in [-0.05, 0) is 53.6 Å². The Morgan fingerprint density at radius 3 is 2.15 bits per heavy atom. The van der Waals surface area contributed by atoms with Crippen molar-refractivity contribution >= 4 is 5.69 Å². The molecular formula is C23H31NO2. The van der Waals surface area contributed by atoms with E-state index in [9.17, 15) is 0 Å². The largest absolute Gasteiger partial charge is 0.494 e. The fourth-order valence-electron chi connectivity index (χ4n) is 3.20. The van der Waals surface area contributed by atoms with Crippen molar-refractivity contribution in [1.82, 2.24) is 0 Å². The lowest BCUT2D eigenvalue weighted by molar-refractivity contribution is 0.254. The van der Waals surface area contributed by atoms with E-state index in [1.807, 2.05) is 19.1 Å². The number of rotatable bonds is 3. The van der Waals surface area contributed by atoms with Crippen LogP contribution in [-0.4, -0.2) is 6.61 Å². The molecule has 2 aromatic carbocycles. The molecular weight excluding hydrogens is 322 g/mol. The maximum atomic E-state index is 6.37. The lowest BCUT2D eigenvalue weighted by Crippen LogP contribution is -2.17. The van der Waals surface area contributed by atoms with E-state index >= 15 is 0 Å². The Hall–Kier alpha value is -2.16. The maximum absolute atomic E-state index is 6.37. The fraction of sp³-hybridized carbons (Fsp3) is 0.478. The molecule has 0 fully saturated rings. The summed E-state index contributed by atoms with van der Waals surface area (Å²) in [5.41, 5.74) is 4.86. The van der Waals surface area contributed by atoms with Gasteiger partial charge in [0.2, 0.25) is 0 Å². The van der Waals surface area contributed by atoms with Crippen molar-refractivity contribution in [2.24, 2.45) is 0 Å². The lowest BCUT2D eigenvalue weighted by Gasteiger charge is -2.26. The molecule has 1 atom stereocenters. The van der Waals surface area contributed by atoms with E-state index in [1.165, 1.54) is 11.1 Å². The van der Waals surface area contributed by atoms with Crippen LogP contribution in [0.4, 0.5) is 5.69 Å². The van der Waals surface area contributed by atoms with E-state index in [0.717, 1.165) is 22.7 Å². The third-order valence-electron chi connectivity index (χ3n) is 4.78. The standard InChI is InChI=1S/C23H31NO2/c1-8-25-17-11-9-15(10-12-17)21-24-19-14-16(22(2,3)4)13-18(20(19)26-21)23(5,6)7/h9-14,21,24H,8H2,1-7H3. The number of fused-ring (bicyclic) bond motifs is 1. The summed E-state index contributed by atoms with van der Waals surface area (Å²) >= 11 is 0. The first-order valence-electron chi connectivity index (χ1n) is 9.44. The first-order valence-corrected chi connectivity index (χ1v) is 9.44. The molecule has 0 aliphatic carbocycles. The second-order valence-corrected chi connectivity index (χ2v) is 9.04. The molecule has 1 aliphatic heterocycles. The van der Waals surface area contributed by atoms with Gasteiger partial charge in [0.25, 0.3) is 0 Å². The van der Waals surface area contributed by atoms with Crippen molar-refractivity contribution in [1.29, 1.82) is 0 Å². The lowest BCUT2D eigenvalue weighted by atomic mass is 9.80. The molecule has 0 bridgehead atoms. The van der Waals surface area contributed by atoms with Gasteiger partial charge in [0.15, 0.2) is 6.23 Å². The van der Waals surface area contributed by atoms with Gasteiger partial charge >= 0.3 is 0 Å². The normalized spacial score (nSPS) is 16.7. The summed E-state index contributed by atoms with van der Waals surface area (Å²) in [6.45, 7) is 16.1. The summed E-state index contributed by atoms with van der Waals surface area (Å²) in [5, 5.41) is 3.56. The molecule has 1 aliphatic rings. The molecule has 140 valence electrons. The number of nitrogens with one attached hydrogen (secondary N) is 1. The highest BCUT2D eigenvalue weighted by atomic mass is 16.5. The van der Waals surface area contributed by atoms with Crippen LogP contribution in [0.3, 0.4) is 0 Å². The molecule has 0 amide bonds. The van der Waals surface area contributed by atoms with Crippen molar-refractivity contribution in [3.8, 4) is 11.5 Å². The number of benzene rings is 2. The Labute approximate surface area is 157 Å². The molecule has 26 heavy (non-hydrogen) atoms. The Kier molecular flexibility index (Phi) is 4.68. The smallest absolute Gasteiger partial charge is 0.196 e. The van der Waals surface area contributed by atoms with Gasteiger partial charge in [0.1, 0.15) is 11.5 Å². The number of hydrogen-bond donors (Lipinski definition) is 1. The summed E-state index contributed by atoms with van der Waals surface area (Å²) in [5.74, 6) is 1.86. The molecule has 3 rings (SSSR count). The highest BCUT2D eigenvalue weighted by Gasteiger charge is 2.32. The van der Waals surface area contributed by atoms with Gasteiger partial charge in [-0.1, -0.05) is 47.6 Å². The Morgan fingerprint density at radius 1 is 0.962 bits per heavy atom. The summed E-state index contributed by atoms with van der Waals surface area (Å²) in [6, 6.07) is 12.7. The van der Waals surface area contributed by atoms with E-state index in [4.69, 9.17) is 9.47 Å². The van der Waals surface area contributed by atoms with E-state index in [0.29, 0.717) is 6.61 Å². The molecule has 0 aromatic heterocycles. The first kappa shape index (κ1) is 18.6. The van der Waals surface area contributed by atoms with Crippen molar-refractivity contribution in [2.45, 2.75) is 65.5 Å².